The molecule has 0 saturated carbocycles. The zero-order valence-corrected chi connectivity index (χ0v) is 10.3. The lowest BCUT2D eigenvalue weighted by Crippen LogP contribution is -1.82. The number of nitrogens with zero attached hydrogens (tertiary/aromatic N) is 1. The minimum absolute atomic E-state index is 0.599. The van der Waals surface area contributed by atoms with Crippen molar-refractivity contribution in [2.45, 2.75) is 0 Å². The van der Waals surface area contributed by atoms with Gasteiger partial charge in [0.1, 0.15) is 5.52 Å². The monoisotopic (exact) mass is 268 g/mol. The summed E-state index contributed by atoms with van der Waals surface area (Å²) in [7, 11) is 0. The molecule has 5 heteroatoms. The summed E-state index contributed by atoms with van der Waals surface area (Å²) in [6.07, 6.45) is 1.62. The van der Waals surface area contributed by atoms with E-state index < -0.39 is 0 Å². The molecule has 0 aliphatic rings. The van der Waals surface area contributed by atoms with E-state index in [0.29, 0.717) is 10.0 Å². The molecule has 0 spiro atoms. The Morgan fingerprint density at radius 2 is 2.19 bits per heavy atom. The Bertz CT molecular complexity index is 643. The lowest BCUT2D eigenvalue weighted by atomic mass is 10.1. The van der Waals surface area contributed by atoms with Gasteiger partial charge in [0, 0.05) is 5.56 Å². The predicted molar refractivity (Wildman–Crippen MR) is 69.4 cm³/mol. The van der Waals surface area contributed by atoms with E-state index in [1.54, 1.807) is 17.7 Å². The molecule has 1 aromatic carbocycles. The van der Waals surface area contributed by atoms with E-state index in [1.807, 2.05) is 22.9 Å². The van der Waals surface area contributed by atoms with Crippen molar-refractivity contribution in [3.63, 3.8) is 0 Å². The first-order chi connectivity index (χ1) is 7.77. The smallest absolute Gasteiger partial charge is 0.108 e. The summed E-state index contributed by atoms with van der Waals surface area (Å²) in [5, 5.41) is 5.25. The molecule has 0 aliphatic carbocycles. The molecule has 0 fully saturated rings. The van der Waals surface area contributed by atoms with Gasteiger partial charge in [0.25, 0.3) is 0 Å². The van der Waals surface area contributed by atoms with Crippen LogP contribution in [0.5, 0.6) is 0 Å². The number of H-pyrrole nitrogens is 1. The van der Waals surface area contributed by atoms with E-state index in [9.17, 15) is 0 Å². The van der Waals surface area contributed by atoms with Crippen LogP contribution in [-0.4, -0.2) is 9.97 Å². The number of imidazole rings is 1. The fraction of sp³-hybridized carbons (Fsp3) is 0. The van der Waals surface area contributed by atoms with Gasteiger partial charge in [0.15, 0.2) is 0 Å². The van der Waals surface area contributed by atoms with E-state index >= 15 is 0 Å². The number of nitrogens with one attached hydrogen (secondary N) is 1. The van der Waals surface area contributed by atoms with Crippen LogP contribution in [-0.2, 0) is 0 Å². The van der Waals surface area contributed by atoms with Gasteiger partial charge in [-0.1, -0.05) is 23.2 Å². The van der Waals surface area contributed by atoms with Gasteiger partial charge in [-0.3, -0.25) is 0 Å². The van der Waals surface area contributed by atoms with Gasteiger partial charge in [0.05, 0.1) is 21.9 Å². The number of aromatic amines is 1. The average Bonchev–Trinajstić information content (AvgIpc) is 2.87. The quantitative estimate of drug-likeness (QED) is 0.687. The van der Waals surface area contributed by atoms with Crippen molar-refractivity contribution in [2.24, 2.45) is 0 Å². The van der Waals surface area contributed by atoms with Crippen molar-refractivity contribution in [2.75, 3.05) is 0 Å². The molecule has 0 saturated heterocycles. The van der Waals surface area contributed by atoms with Crippen LogP contribution in [0.1, 0.15) is 0 Å². The summed E-state index contributed by atoms with van der Waals surface area (Å²) < 4.78 is 0. The topological polar surface area (TPSA) is 28.7 Å². The summed E-state index contributed by atoms with van der Waals surface area (Å²) in [4.78, 5) is 7.18. The number of hydrogen-bond acceptors (Lipinski definition) is 2. The first-order valence-corrected chi connectivity index (χ1v) is 6.31. The van der Waals surface area contributed by atoms with Crippen molar-refractivity contribution in [1.29, 1.82) is 0 Å². The lowest BCUT2D eigenvalue weighted by molar-refractivity contribution is 1.34. The Labute approximate surface area is 106 Å². The number of thiophene rings is 1. The van der Waals surface area contributed by atoms with Crippen LogP contribution in [0.3, 0.4) is 0 Å². The van der Waals surface area contributed by atoms with Crippen LogP contribution < -0.4 is 0 Å². The van der Waals surface area contributed by atoms with E-state index in [1.165, 1.54) is 0 Å². The highest BCUT2D eigenvalue weighted by Crippen LogP contribution is 2.39. The standard InChI is InChI=1S/C11H6Cl2N2S/c12-7-3-8-11(15-5-14-8)10(13)9(7)6-1-2-16-4-6/h1-5H,(H,14,15). The summed E-state index contributed by atoms with van der Waals surface area (Å²) in [5.41, 5.74) is 3.50. The third kappa shape index (κ3) is 1.44. The third-order valence-corrected chi connectivity index (χ3v) is 3.77. The second-order valence-corrected chi connectivity index (χ2v) is 4.92. The van der Waals surface area contributed by atoms with Crippen LogP contribution in [0.4, 0.5) is 0 Å². The number of benzene rings is 1. The van der Waals surface area contributed by atoms with E-state index in [0.717, 1.165) is 22.2 Å². The number of aromatic nitrogens is 2. The number of fused-ring (bicyclic) bond motifs is 1. The molecular weight excluding hydrogens is 263 g/mol. The maximum Gasteiger partial charge on any atom is 0.108 e. The first-order valence-electron chi connectivity index (χ1n) is 4.61. The molecule has 2 aromatic heterocycles. The molecule has 3 aromatic rings. The van der Waals surface area contributed by atoms with Gasteiger partial charge in [0.2, 0.25) is 0 Å². The Kier molecular flexibility index (Phi) is 2.39. The summed E-state index contributed by atoms with van der Waals surface area (Å²) in [6, 6.07) is 3.85. The molecule has 2 nitrogen and oxygen atoms in total. The molecule has 0 bridgehead atoms. The van der Waals surface area contributed by atoms with Crippen LogP contribution in [0.2, 0.25) is 10.0 Å². The van der Waals surface area contributed by atoms with Crippen molar-refractivity contribution in [3.8, 4) is 11.1 Å². The molecule has 0 atom stereocenters. The largest absolute Gasteiger partial charge is 0.345 e. The van der Waals surface area contributed by atoms with E-state index in [4.69, 9.17) is 23.2 Å². The SMILES string of the molecule is Clc1cc2[nH]cnc2c(Cl)c1-c1ccsc1. The number of rotatable bonds is 1. The first kappa shape index (κ1) is 10.1. The van der Waals surface area contributed by atoms with Crippen LogP contribution in [0.25, 0.3) is 22.2 Å². The van der Waals surface area contributed by atoms with Gasteiger partial charge in [-0.05, 0) is 28.5 Å². The molecule has 0 aliphatic heterocycles. The zero-order chi connectivity index (χ0) is 11.1. The van der Waals surface area contributed by atoms with E-state index in [-0.39, 0.29) is 0 Å². The highest BCUT2D eigenvalue weighted by molar-refractivity contribution is 7.08. The second-order valence-electron chi connectivity index (χ2n) is 3.36. The molecule has 3 rings (SSSR count). The summed E-state index contributed by atoms with van der Waals surface area (Å²) >= 11 is 14.2. The normalized spacial score (nSPS) is 11.1. The van der Waals surface area contributed by atoms with Crippen LogP contribution in [0.15, 0.2) is 29.2 Å². The summed E-state index contributed by atoms with van der Waals surface area (Å²) in [6.45, 7) is 0. The van der Waals surface area contributed by atoms with Crippen molar-refractivity contribution >= 4 is 45.6 Å². The lowest BCUT2D eigenvalue weighted by Gasteiger charge is -2.05. The minimum atomic E-state index is 0.599. The fourth-order valence-electron chi connectivity index (χ4n) is 1.68. The molecule has 0 radical (unpaired) electrons. The van der Waals surface area contributed by atoms with Gasteiger partial charge in [-0.25, -0.2) is 4.98 Å². The maximum absolute atomic E-state index is 6.32. The number of halogens is 2. The van der Waals surface area contributed by atoms with Crippen molar-refractivity contribution < 1.29 is 0 Å². The average molecular weight is 269 g/mol. The third-order valence-electron chi connectivity index (χ3n) is 2.42. The Hall–Kier alpha value is -1.03. The van der Waals surface area contributed by atoms with Crippen LogP contribution in [0, 0.1) is 0 Å². The molecular formula is C11H6Cl2N2S. The Balaban J connectivity index is 2.39. The maximum atomic E-state index is 6.32. The van der Waals surface area contributed by atoms with Gasteiger partial charge < -0.3 is 4.98 Å². The van der Waals surface area contributed by atoms with Gasteiger partial charge in [-0.2, -0.15) is 11.3 Å². The molecule has 1 N–H and O–H groups in total. The molecule has 0 unspecified atom stereocenters. The number of hydrogen-bond donors (Lipinski definition) is 1. The highest BCUT2D eigenvalue weighted by Gasteiger charge is 2.14. The van der Waals surface area contributed by atoms with Gasteiger partial charge >= 0.3 is 0 Å². The Morgan fingerprint density at radius 3 is 2.94 bits per heavy atom. The molecule has 80 valence electrons. The summed E-state index contributed by atoms with van der Waals surface area (Å²) in [5.74, 6) is 0. The van der Waals surface area contributed by atoms with Crippen molar-refractivity contribution in [3.05, 3.63) is 39.3 Å². The second kappa shape index (κ2) is 3.77. The molecule has 2 heterocycles. The molecule has 0 amide bonds. The zero-order valence-electron chi connectivity index (χ0n) is 8.00. The van der Waals surface area contributed by atoms with Crippen LogP contribution >= 0.6 is 34.5 Å². The van der Waals surface area contributed by atoms with E-state index in [2.05, 4.69) is 9.97 Å². The minimum Gasteiger partial charge on any atom is -0.345 e. The molecule has 16 heavy (non-hydrogen) atoms. The van der Waals surface area contributed by atoms with Crippen molar-refractivity contribution in [1.82, 2.24) is 9.97 Å². The fourth-order valence-corrected chi connectivity index (χ4v) is 3.05. The Morgan fingerprint density at radius 1 is 1.31 bits per heavy atom. The van der Waals surface area contributed by atoms with Gasteiger partial charge in [-0.15, -0.1) is 0 Å². The highest BCUT2D eigenvalue weighted by atomic mass is 35.5. The predicted octanol–water partition coefficient (Wildman–Crippen LogP) is 4.60.